The average molecular weight is 472 g/mol. The Hall–Kier alpha value is -2.26. The van der Waals surface area contributed by atoms with Crippen molar-refractivity contribution in [3.8, 4) is 11.5 Å². The minimum absolute atomic E-state index is 0. The van der Waals surface area contributed by atoms with Gasteiger partial charge in [-0.15, -0.1) is 0 Å². The molecule has 0 bridgehead atoms. The third kappa shape index (κ3) is 4.99. The molecule has 5 rings (SSSR count). The Kier molecular flexibility index (Phi) is 7.48. The molecule has 9 heteroatoms. The van der Waals surface area contributed by atoms with Crippen LogP contribution in [0.5, 0.6) is 11.5 Å². The Morgan fingerprint density at radius 3 is 2.39 bits per heavy atom. The van der Waals surface area contributed by atoms with E-state index in [0.29, 0.717) is 53.3 Å². The number of carboxylic acid groups (broad SMARTS) is 1. The van der Waals surface area contributed by atoms with Crippen molar-refractivity contribution in [2.45, 2.75) is 32.1 Å². The van der Waals surface area contributed by atoms with Crippen LogP contribution >= 0.6 is 11.7 Å². The zero-order chi connectivity index (χ0) is 22.1. The van der Waals surface area contributed by atoms with Gasteiger partial charge in [0.05, 0.1) is 17.7 Å². The van der Waals surface area contributed by atoms with Gasteiger partial charge >= 0.3 is 29.6 Å². The topological polar surface area (TPSA) is 101 Å². The van der Waals surface area contributed by atoms with Crippen molar-refractivity contribution in [1.29, 1.82) is 0 Å². The third-order valence-electron chi connectivity index (χ3n) is 6.09. The van der Waals surface area contributed by atoms with Gasteiger partial charge in [0.15, 0.2) is 17.3 Å². The minimum atomic E-state index is -1.37. The van der Waals surface area contributed by atoms with Crippen LogP contribution in [-0.2, 0) is 4.79 Å². The van der Waals surface area contributed by atoms with Gasteiger partial charge in [0.1, 0.15) is 24.2 Å². The summed E-state index contributed by atoms with van der Waals surface area (Å²) in [5.41, 5.74) is 2.24. The number of ether oxygens (including phenoxy) is 2. The van der Waals surface area contributed by atoms with Gasteiger partial charge in [0, 0.05) is 16.7 Å². The van der Waals surface area contributed by atoms with E-state index in [-0.39, 0.29) is 52.4 Å². The number of rotatable bonds is 6. The Morgan fingerprint density at radius 1 is 0.939 bits per heavy atom. The number of nitrogens with zero attached hydrogens (tertiary/aromatic N) is 2. The van der Waals surface area contributed by atoms with Crippen molar-refractivity contribution >= 4 is 40.1 Å². The molecule has 1 aromatic heterocycles. The zero-order valence-electron chi connectivity index (χ0n) is 18.3. The van der Waals surface area contributed by atoms with Gasteiger partial charge in [-0.25, -0.2) is 0 Å². The molecule has 1 fully saturated rings. The SMILES string of the molecule is O=C([O-])/C(=C(\CC1CCCC1)C(=O)c1ccc2c(c1)OCCO2)c1ccc2nsnc2c1.[Na+]. The molecule has 1 saturated carbocycles. The van der Waals surface area contributed by atoms with Crippen molar-refractivity contribution in [2.24, 2.45) is 5.92 Å². The van der Waals surface area contributed by atoms with Crippen LogP contribution in [0.15, 0.2) is 42.0 Å². The molecular weight excluding hydrogens is 451 g/mol. The normalized spacial score (nSPS) is 16.2. The van der Waals surface area contributed by atoms with Gasteiger partial charge in [-0.2, -0.15) is 8.75 Å². The van der Waals surface area contributed by atoms with E-state index in [1.54, 1.807) is 36.4 Å². The maximum absolute atomic E-state index is 13.7. The quantitative estimate of drug-likeness (QED) is 0.291. The summed E-state index contributed by atoms with van der Waals surface area (Å²) in [7, 11) is 0. The summed E-state index contributed by atoms with van der Waals surface area (Å²) in [6, 6.07) is 10.0. The van der Waals surface area contributed by atoms with Gasteiger partial charge in [0.25, 0.3) is 0 Å². The molecule has 3 aromatic rings. The molecule has 0 N–H and O–H groups in total. The Bertz CT molecular complexity index is 1230. The molecule has 7 nitrogen and oxygen atoms in total. The fraction of sp³-hybridized carbons (Fsp3) is 0.333. The largest absolute Gasteiger partial charge is 1.00 e. The molecule has 2 aromatic carbocycles. The van der Waals surface area contributed by atoms with Gasteiger partial charge in [0.2, 0.25) is 0 Å². The van der Waals surface area contributed by atoms with Crippen LogP contribution in [0.25, 0.3) is 16.6 Å². The van der Waals surface area contributed by atoms with Gasteiger partial charge in [-0.1, -0.05) is 31.7 Å². The summed E-state index contributed by atoms with van der Waals surface area (Å²) < 4.78 is 19.6. The van der Waals surface area contributed by atoms with E-state index in [1.165, 1.54) is 0 Å². The zero-order valence-corrected chi connectivity index (χ0v) is 21.2. The first-order chi connectivity index (χ1) is 15.6. The molecule has 0 unspecified atom stereocenters. The Morgan fingerprint density at radius 2 is 1.64 bits per heavy atom. The number of carbonyl (C=O) groups is 2. The second-order valence-electron chi connectivity index (χ2n) is 8.15. The van der Waals surface area contributed by atoms with E-state index >= 15 is 0 Å². The first kappa shape index (κ1) is 23.9. The molecule has 1 aliphatic carbocycles. The second kappa shape index (κ2) is 10.3. The summed E-state index contributed by atoms with van der Waals surface area (Å²) in [5.74, 6) is -0.357. The smallest absolute Gasteiger partial charge is 0.545 e. The average Bonchev–Trinajstić information content (AvgIpc) is 3.49. The number of allylic oxidation sites excluding steroid dienone is 1. The number of benzene rings is 2. The van der Waals surface area contributed by atoms with E-state index < -0.39 is 5.97 Å². The fourth-order valence-electron chi connectivity index (χ4n) is 4.52. The Labute approximate surface area is 217 Å². The van der Waals surface area contributed by atoms with Gasteiger partial charge < -0.3 is 19.4 Å². The number of aliphatic carboxylic acids is 1. The van der Waals surface area contributed by atoms with E-state index in [0.717, 1.165) is 37.4 Å². The van der Waals surface area contributed by atoms with E-state index in [4.69, 9.17) is 9.47 Å². The second-order valence-corrected chi connectivity index (χ2v) is 8.68. The number of carboxylic acids is 1. The van der Waals surface area contributed by atoms with Gasteiger partial charge in [-0.3, -0.25) is 4.79 Å². The monoisotopic (exact) mass is 472 g/mol. The number of hydrogen-bond acceptors (Lipinski definition) is 8. The molecular formula is C24H21N2NaO5S. The summed E-state index contributed by atoms with van der Waals surface area (Å²) in [6.07, 6.45) is 4.53. The van der Waals surface area contributed by atoms with Crippen LogP contribution in [0.1, 0.15) is 48.0 Å². The fourth-order valence-corrected chi connectivity index (χ4v) is 5.04. The maximum atomic E-state index is 13.7. The first-order valence-corrected chi connectivity index (χ1v) is 11.4. The number of hydrogen-bond donors (Lipinski definition) is 0. The standard InChI is InChI=1S/C24H22N2O5S.Na/c27-23(16-6-8-20-21(13-16)31-10-9-30-20)17(11-14-3-1-2-4-14)22(24(28)29)15-5-7-18-19(12-15)26-32-25-18;/h5-8,12-14H,1-4,9-11H2,(H,28,29);/q;+1/p-1/b22-17+;. The van der Waals surface area contributed by atoms with Crippen LogP contribution in [0.3, 0.4) is 0 Å². The van der Waals surface area contributed by atoms with Crippen LogP contribution in [0.2, 0.25) is 0 Å². The molecule has 2 aliphatic rings. The summed E-state index contributed by atoms with van der Waals surface area (Å²) in [6.45, 7) is 0.858. The van der Waals surface area contributed by atoms with Crippen molar-refractivity contribution in [3.63, 3.8) is 0 Å². The van der Waals surface area contributed by atoms with E-state index in [1.807, 2.05) is 0 Å². The van der Waals surface area contributed by atoms with Crippen LogP contribution in [0, 0.1) is 5.92 Å². The van der Waals surface area contributed by atoms with Crippen molar-refractivity contribution in [1.82, 2.24) is 8.75 Å². The van der Waals surface area contributed by atoms with Crippen molar-refractivity contribution in [2.75, 3.05) is 13.2 Å². The molecule has 0 saturated heterocycles. The molecule has 0 radical (unpaired) electrons. The number of carbonyl (C=O) groups excluding carboxylic acids is 2. The number of Topliss-reactive ketones (excluding diaryl/α,β-unsaturated/α-hetero) is 1. The van der Waals surface area contributed by atoms with Crippen molar-refractivity contribution in [3.05, 3.63) is 53.1 Å². The molecule has 1 aliphatic heterocycles. The summed E-state index contributed by atoms with van der Waals surface area (Å²) in [4.78, 5) is 26.0. The predicted molar refractivity (Wildman–Crippen MR) is 118 cm³/mol. The van der Waals surface area contributed by atoms with E-state index in [9.17, 15) is 14.7 Å². The molecule has 0 amide bonds. The predicted octanol–water partition coefficient (Wildman–Crippen LogP) is 0.433. The molecule has 33 heavy (non-hydrogen) atoms. The van der Waals surface area contributed by atoms with Gasteiger partial charge in [-0.05, 0) is 48.2 Å². The molecule has 0 spiro atoms. The third-order valence-corrected chi connectivity index (χ3v) is 6.65. The first-order valence-electron chi connectivity index (χ1n) is 10.7. The minimum Gasteiger partial charge on any atom is -0.545 e. The van der Waals surface area contributed by atoms with Crippen LogP contribution in [-0.4, -0.2) is 33.7 Å². The molecule has 164 valence electrons. The Balaban J connectivity index is 0.00000259. The number of aromatic nitrogens is 2. The molecule has 2 heterocycles. The number of ketones is 1. The van der Waals surface area contributed by atoms with Crippen molar-refractivity contribution < 1.29 is 53.7 Å². The maximum Gasteiger partial charge on any atom is 1.00 e. The summed E-state index contributed by atoms with van der Waals surface area (Å²) >= 11 is 1.06. The van der Waals surface area contributed by atoms with Crippen LogP contribution < -0.4 is 44.1 Å². The number of fused-ring (bicyclic) bond motifs is 2. The molecule has 0 atom stereocenters. The summed E-state index contributed by atoms with van der Waals surface area (Å²) in [5, 5.41) is 12.4. The van der Waals surface area contributed by atoms with E-state index in [2.05, 4.69) is 8.75 Å². The van der Waals surface area contributed by atoms with Crippen LogP contribution in [0.4, 0.5) is 0 Å².